The van der Waals surface area contributed by atoms with E-state index in [2.05, 4.69) is 0 Å². The molecule has 0 saturated carbocycles. The zero-order valence-corrected chi connectivity index (χ0v) is 9.40. The van der Waals surface area contributed by atoms with Gasteiger partial charge < -0.3 is 9.47 Å². The molecule has 1 aromatic carbocycles. The van der Waals surface area contributed by atoms with Crippen LogP contribution in [-0.4, -0.2) is 25.8 Å². The van der Waals surface area contributed by atoms with Crippen LogP contribution in [-0.2, 0) is 14.3 Å². The van der Waals surface area contributed by atoms with Crippen molar-refractivity contribution in [2.24, 2.45) is 0 Å². The average molecular weight is 218 g/mol. The van der Waals surface area contributed by atoms with Crippen LogP contribution in [0.15, 0.2) is 35.9 Å². The summed E-state index contributed by atoms with van der Waals surface area (Å²) in [7, 11) is 1.39. The van der Waals surface area contributed by atoms with E-state index in [0.717, 1.165) is 11.1 Å². The van der Waals surface area contributed by atoms with Crippen LogP contribution in [0.2, 0.25) is 0 Å². The number of carbonyl (C=O) groups excluding carboxylic acids is 1. The van der Waals surface area contributed by atoms with E-state index in [1.54, 1.807) is 0 Å². The fraction of sp³-hybridized carbons (Fsp3) is 0.308. The minimum Gasteiger partial charge on any atom is -0.466 e. The van der Waals surface area contributed by atoms with E-state index >= 15 is 0 Å². The Morgan fingerprint density at radius 3 is 2.69 bits per heavy atom. The van der Waals surface area contributed by atoms with Gasteiger partial charge in [-0.05, 0) is 12.5 Å². The highest BCUT2D eigenvalue weighted by Gasteiger charge is 2.28. The summed E-state index contributed by atoms with van der Waals surface area (Å²) in [6.45, 7) is 2.27. The Balaban J connectivity index is 2.45. The number of esters is 1. The molecule has 3 nitrogen and oxygen atoms in total. The molecule has 2 rings (SSSR count). The fourth-order valence-corrected chi connectivity index (χ4v) is 1.93. The Morgan fingerprint density at radius 2 is 2.06 bits per heavy atom. The summed E-state index contributed by atoms with van der Waals surface area (Å²) in [5.41, 5.74) is 2.58. The molecule has 1 aliphatic rings. The number of hydrogen-bond donors (Lipinski definition) is 0. The Morgan fingerprint density at radius 1 is 1.38 bits per heavy atom. The lowest BCUT2D eigenvalue weighted by atomic mass is 9.98. The monoisotopic (exact) mass is 218 g/mol. The third kappa shape index (κ3) is 1.86. The van der Waals surface area contributed by atoms with Crippen molar-refractivity contribution in [1.82, 2.24) is 0 Å². The van der Waals surface area contributed by atoms with Crippen molar-refractivity contribution in [1.29, 1.82) is 0 Å². The zero-order chi connectivity index (χ0) is 11.5. The van der Waals surface area contributed by atoms with Gasteiger partial charge in [0.15, 0.2) is 0 Å². The lowest BCUT2D eigenvalue weighted by Gasteiger charge is -2.09. The molecule has 1 atom stereocenters. The van der Waals surface area contributed by atoms with Crippen molar-refractivity contribution in [3.63, 3.8) is 0 Å². The summed E-state index contributed by atoms with van der Waals surface area (Å²) in [6, 6.07) is 9.79. The van der Waals surface area contributed by atoms with Crippen LogP contribution in [0.4, 0.5) is 0 Å². The van der Waals surface area contributed by atoms with Crippen LogP contribution < -0.4 is 0 Å². The quantitative estimate of drug-likeness (QED) is 0.712. The molecule has 84 valence electrons. The molecular weight excluding hydrogens is 204 g/mol. The van der Waals surface area contributed by atoms with E-state index in [1.807, 2.05) is 37.3 Å². The van der Waals surface area contributed by atoms with Crippen molar-refractivity contribution in [2.45, 2.75) is 13.0 Å². The molecule has 3 heteroatoms. The number of hydrogen-bond acceptors (Lipinski definition) is 3. The number of ether oxygens (including phenoxy) is 2. The summed E-state index contributed by atoms with van der Waals surface area (Å²) in [5, 5.41) is 0. The molecule has 0 aromatic heterocycles. The second-order valence-corrected chi connectivity index (χ2v) is 3.70. The predicted octanol–water partition coefficient (Wildman–Crippen LogP) is 2.03. The summed E-state index contributed by atoms with van der Waals surface area (Å²) in [5.74, 6) is -0.303. The molecule has 1 unspecified atom stereocenters. The molecule has 0 N–H and O–H groups in total. The largest absolute Gasteiger partial charge is 0.466 e. The molecular formula is C13H14O3. The second-order valence-electron chi connectivity index (χ2n) is 3.70. The van der Waals surface area contributed by atoms with Gasteiger partial charge in [-0.1, -0.05) is 30.3 Å². The number of benzene rings is 1. The molecule has 0 fully saturated rings. The lowest BCUT2D eigenvalue weighted by molar-refractivity contribution is -0.136. The fourth-order valence-electron chi connectivity index (χ4n) is 1.93. The van der Waals surface area contributed by atoms with E-state index in [9.17, 15) is 4.79 Å². The Labute approximate surface area is 94.7 Å². The van der Waals surface area contributed by atoms with Crippen molar-refractivity contribution < 1.29 is 14.3 Å². The summed E-state index contributed by atoms with van der Waals surface area (Å²) in [4.78, 5) is 11.6. The van der Waals surface area contributed by atoms with Crippen molar-refractivity contribution in [3.05, 3.63) is 41.5 Å². The van der Waals surface area contributed by atoms with Gasteiger partial charge in [0.2, 0.25) is 0 Å². The maximum atomic E-state index is 11.6. The van der Waals surface area contributed by atoms with Gasteiger partial charge in [0.05, 0.1) is 25.4 Å². The molecule has 1 aliphatic heterocycles. The standard InChI is InChI=1S/C13H14O3/c1-9-12(10-6-4-3-5-7-10)11(8-16-9)13(14)15-2/h3-7,9H,8H2,1-2H3. The maximum Gasteiger partial charge on any atom is 0.336 e. The van der Waals surface area contributed by atoms with Gasteiger partial charge in [-0.25, -0.2) is 4.79 Å². The van der Waals surface area contributed by atoms with Crippen LogP contribution in [0.3, 0.4) is 0 Å². The first kappa shape index (κ1) is 10.9. The first-order valence-electron chi connectivity index (χ1n) is 5.22. The SMILES string of the molecule is COC(=O)C1=C(c2ccccc2)C(C)OC1. The smallest absolute Gasteiger partial charge is 0.336 e. The first-order valence-corrected chi connectivity index (χ1v) is 5.22. The van der Waals surface area contributed by atoms with Gasteiger partial charge in [-0.15, -0.1) is 0 Å². The summed E-state index contributed by atoms with van der Waals surface area (Å²) >= 11 is 0. The molecule has 0 aliphatic carbocycles. The van der Waals surface area contributed by atoms with Crippen LogP contribution in [0.5, 0.6) is 0 Å². The average Bonchev–Trinajstić information content (AvgIpc) is 2.71. The number of rotatable bonds is 2. The van der Waals surface area contributed by atoms with Crippen molar-refractivity contribution in [2.75, 3.05) is 13.7 Å². The van der Waals surface area contributed by atoms with E-state index in [-0.39, 0.29) is 12.1 Å². The van der Waals surface area contributed by atoms with Gasteiger partial charge in [0.1, 0.15) is 0 Å². The molecule has 0 spiro atoms. The topological polar surface area (TPSA) is 35.5 Å². The van der Waals surface area contributed by atoms with Crippen LogP contribution >= 0.6 is 0 Å². The van der Waals surface area contributed by atoms with E-state index in [0.29, 0.717) is 12.2 Å². The Bertz CT molecular complexity index is 420. The van der Waals surface area contributed by atoms with Gasteiger partial charge in [0.25, 0.3) is 0 Å². The van der Waals surface area contributed by atoms with E-state index in [1.165, 1.54) is 7.11 Å². The van der Waals surface area contributed by atoms with Crippen LogP contribution in [0, 0.1) is 0 Å². The van der Waals surface area contributed by atoms with Crippen molar-refractivity contribution in [3.8, 4) is 0 Å². The molecule has 1 heterocycles. The van der Waals surface area contributed by atoms with Crippen LogP contribution in [0.1, 0.15) is 12.5 Å². The molecule has 0 bridgehead atoms. The maximum absolute atomic E-state index is 11.6. The predicted molar refractivity (Wildman–Crippen MR) is 60.8 cm³/mol. The third-order valence-electron chi connectivity index (χ3n) is 2.73. The number of carbonyl (C=O) groups is 1. The van der Waals surface area contributed by atoms with Gasteiger partial charge in [-0.3, -0.25) is 0 Å². The molecule has 0 amide bonds. The third-order valence-corrected chi connectivity index (χ3v) is 2.73. The minimum absolute atomic E-state index is 0.0588. The Hall–Kier alpha value is -1.61. The van der Waals surface area contributed by atoms with Gasteiger partial charge in [-0.2, -0.15) is 0 Å². The lowest BCUT2D eigenvalue weighted by Crippen LogP contribution is -2.07. The highest BCUT2D eigenvalue weighted by molar-refractivity contribution is 5.99. The minimum atomic E-state index is -0.303. The van der Waals surface area contributed by atoms with E-state index in [4.69, 9.17) is 9.47 Å². The van der Waals surface area contributed by atoms with Gasteiger partial charge >= 0.3 is 5.97 Å². The summed E-state index contributed by atoms with van der Waals surface area (Å²) in [6.07, 6.45) is -0.0588. The highest BCUT2D eigenvalue weighted by Crippen LogP contribution is 2.30. The van der Waals surface area contributed by atoms with E-state index < -0.39 is 0 Å². The first-order chi connectivity index (χ1) is 7.74. The highest BCUT2D eigenvalue weighted by atomic mass is 16.5. The van der Waals surface area contributed by atoms with Crippen molar-refractivity contribution >= 4 is 11.5 Å². The molecule has 0 saturated heterocycles. The summed E-state index contributed by atoms with van der Waals surface area (Å²) < 4.78 is 10.2. The molecule has 16 heavy (non-hydrogen) atoms. The number of methoxy groups -OCH3 is 1. The Kier molecular flexibility index (Phi) is 3.06. The normalized spacial score (nSPS) is 20.0. The zero-order valence-electron chi connectivity index (χ0n) is 9.40. The second kappa shape index (κ2) is 4.49. The van der Waals surface area contributed by atoms with Crippen LogP contribution in [0.25, 0.3) is 5.57 Å². The van der Waals surface area contributed by atoms with Gasteiger partial charge in [0, 0.05) is 5.57 Å². The molecule has 0 radical (unpaired) electrons. The molecule has 1 aromatic rings.